The SMILES string of the molecule is CC1c2cnn(C)c2CN1c1nc(-c2c(O)cccc2F)c(Cl)c2c1C(=O)N1CCNC[C@@H]1CO2. The van der Waals surface area contributed by atoms with Crippen LogP contribution in [0.2, 0.25) is 5.02 Å². The standard InChI is InChI=1S/C24H24ClFN6O3/c1-12-14-9-28-30(2)16(14)10-32(12)23-19-22(35-11-13-8-27-6-7-31(13)24(19)34)20(25)21(29-23)18-15(26)4-3-5-17(18)33/h3-5,9,12-13,27,33H,6-8,10-11H2,1-2H3/t12?,13-/m1/s1. The summed E-state index contributed by atoms with van der Waals surface area (Å²) in [5, 5.41) is 18.2. The first-order chi connectivity index (χ1) is 16.9. The molecule has 0 saturated carbocycles. The zero-order chi connectivity index (χ0) is 24.4. The van der Waals surface area contributed by atoms with Gasteiger partial charge < -0.3 is 25.0 Å². The molecule has 5 heterocycles. The second-order valence-electron chi connectivity index (χ2n) is 9.08. The van der Waals surface area contributed by atoms with Crippen LogP contribution in [0.4, 0.5) is 10.2 Å². The number of carbonyl (C=O) groups excluding carboxylic acids is 1. The Bertz CT molecular complexity index is 1340. The quantitative estimate of drug-likeness (QED) is 0.561. The fourth-order valence-corrected chi connectivity index (χ4v) is 5.51. The van der Waals surface area contributed by atoms with Crippen molar-refractivity contribution in [2.24, 2.45) is 7.05 Å². The van der Waals surface area contributed by atoms with E-state index in [-0.39, 0.29) is 57.9 Å². The number of aryl methyl sites for hydroxylation is 1. The molecule has 35 heavy (non-hydrogen) atoms. The molecule has 2 aromatic heterocycles. The number of aromatic nitrogens is 3. The minimum absolute atomic E-state index is 0.00339. The Kier molecular flexibility index (Phi) is 5.12. The number of pyridine rings is 1. The van der Waals surface area contributed by atoms with E-state index in [0.717, 1.165) is 11.3 Å². The number of phenols is 1. The number of benzene rings is 1. The smallest absolute Gasteiger partial charge is 0.261 e. The second-order valence-corrected chi connectivity index (χ2v) is 9.46. The van der Waals surface area contributed by atoms with Crippen LogP contribution in [0.3, 0.4) is 0 Å². The van der Waals surface area contributed by atoms with Gasteiger partial charge in [-0.15, -0.1) is 0 Å². The predicted octanol–water partition coefficient (Wildman–Crippen LogP) is 2.87. The van der Waals surface area contributed by atoms with Crippen LogP contribution in [0.25, 0.3) is 11.3 Å². The lowest BCUT2D eigenvalue weighted by atomic mass is 10.0. The molecule has 11 heteroatoms. The Labute approximate surface area is 206 Å². The van der Waals surface area contributed by atoms with Crippen LogP contribution in [0, 0.1) is 5.82 Å². The van der Waals surface area contributed by atoms with Gasteiger partial charge in [-0.05, 0) is 19.1 Å². The highest BCUT2D eigenvalue weighted by Gasteiger charge is 2.41. The summed E-state index contributed by atoms with van der Waals surface area (Å²) in [4.78, 5) is 22.4. The molecule has 1 saturated heterocycles. The lowest BCUT2D eigenvalue weighted by Crippen LogP contribution is -2.55. The number of amides is 1. The summed E-state index contributed by atoms with van der Waals surface area (Å²) in [5.41, 5.74) is 2.18. The van der Waals surface area contributed by atoms with Gasteiger partial charge in [0, 0.05) is 32.2 Å². The highest BCUT2D eigenvalue weighted by molar-refractivity contribution is 6.35. The average molecular weight is 499 g/mol. The van der Waals surface area contributed by atoms with Crippen molar-refractivity contribution in [3.63, 3.8) is 0 Å². The van der Waals surface area contributed by atoms with Crippen molar-refractivity contribution in [2.45, 2.75) is 25.6 Å². The van der Waals surface area contributed by atoms with Gasteiger partial charge in [0.05, 0.1) is 36.1 Å². The molecule has 3 aromatic rings. The molecule has 6 rings (SSSR count). The van der Waals surface area contributed by atoms with Crippen LogP contribution in [0.15, 0.2) is 24.4 Å². The van der Waals surface area contributed by atoms with Crippen LogP contribution in [0.5, 0.6) is 11.5 Å². The minimum atomic E-state index is -0.672. The molecule has 1 fully saturated rings. The molecule has 2 atom stereocenters. The number of piperazine rings is 1. The third-order valence-electron chi connectivity index (χ3n) is 7.15. The lowest BCUT2D eigenvalue weighted by molar-refractivity contribution is 0.0606. The van der Waals surface area contributed by atoms with Crippen molar-refractivity contribution < 1.29 is 19.0 Å². The van der Waals surface area contributed by atoms with Gasteiger partial charge >= 0.3 is 0 Å². The first kappa shape index (κ1) is 22.1. The number of phenolic OH excluding ortho intramolecular Hbond substituents is 1. The number of ether oxygens (including phenoxy) is 1. The average Bonchev–Trinajstić information content (AvgIpc) is 3.32. The van der Waals surface area contributed by atoms with Crippen molar-refractivity contribution >= 4 is 23.3 Å². The fraction of sp³-hybridized carbons (Fsp3) is 0.375. The monoisotopic (exact) mass is 498 g/mol. The molecular formula is C24H24ClFN6O3. The number of aromatic hydroxyl groups is 1. The van der Waals surface area contributed by atoms with Gasteiger partial charge in [-0.25, -0.2) is 9.37 Å². The molecule has 3 aliphatic heterocycles. The minimum Gasteiger partial charge on any atom is -0.507 e. The molecule has 182 valence electrons. The van der Waals surface area contributed by atoms with Crippen LogP contribution in [0.1, 0.15) is 34.6 Å². The number of rotatable bonds is 2. The number of anilines is 1. The molecule has 0 bridgehead atoms. The second kappa shape index (κ2) is 8.10. The van der Waals surface area contributed by atoms with Crippen LogP contribution in [-0.2, 0) is 13.6 Å². The van der Waals surface area contributed by atoms with Gasteiger partial charge in [-0.2, -0.15) is 5.10 Å². The number of hydrogen-bond donors (Lipinski definition) is 2. The summed E-state index contributed by atoms with van der Waals surface area (Å²) in [7, 11) is 1.87. The van der Waals surface area contributed by atoms with E-state index >= 15 is 0 Å². The maximum atomic E-state index is 14.9. The number of carbonyl (C=O) groups is 1. The molecule has 0 spiro atoms. The summed E-state index contributed by atoms with van der Waals surface area (Å²) in [6.45, 7) is 4.49. The molecule has 0 radical (unpaired) electrons. The van der Waals surface area contributed by atoms with Gasteiger partial charge in [0.15, 0.2) is 5.75 Å². The van der Waals surface area contributed by atoms with Crippen LogP contribution >= 0.6 is 11.6 Å². The number of fused-ring (bicyclic) bond motifs is 3. The molecule has 1 unspecified atom stereocenters. The molecule has 2 N–H and O–H groups in total. The van der Waals surface area contributed by atoms with E-state index in [2.05, 4.69) is 10.4 Å². The van der Waals surface area contributed by atoms with Crippen molar-refractivity contribution in [1.82, 2.24) is 25.0 Å². The van der Waals surface area contributed by atoms with E-state index in [1.165, 1.54) is 18.2 Å². The van der Waals surface area contributed by atoms with Gasteiger partial charge in [0.25, 0.3) is 5.91 Å². The zero-order valence-electron chi connectivity index (χ0n) is 19.3. The van der Waals surface area contributed by atoms with E-state index < -0.39 is 5.82 Å². The highest BCUT2D eigenvalue weighted by atomic mass is 35.5. The molecule has 3 aliphatic rings. The van der Waals surface area contributed by atoms with Gasteiger partial charge in [0.1, 0.15) is 40.3 Å². The molecule has 1 amide bonds. The number of nitrogens with one attached hydrogen (secondary N) is 1. The van der Waals surface area contributed by atoms with Gasteiger partial charge in [-0.3, -0.25) is 9.48 Å². The molecular weight excluding hydrogens is 475 g/mol. The maximum Gasteiger partial charge on any atom is 0.261 e. The van der Waals surface area contributed by atoms with Gasteiger partial charge in [0.2, 0.25) is 0 Å². The van der Waals surface area contributed by atoms with Crippen molar-refractivity contribution in [3.05, 3.63) is 52.1 Å². The summed E-state index contributed by atoms with van der Waals surface area (Å²) in [6.07, 6.45) is 1.81. The number of hydrogen-bond acceptors (Lipinski definition) is 7. The number of nitrogens with zero attached hydrogens (tertiary/aromatic N) is 5. The Morgan fingerprint density at radius 2 is 2.11 bits per heavy atom. The normalized spacial score (nSPS) is 21.3. The number of halogens is 2. The van der Waals surface area contributed by atoms with E-state index in [1.54, 1.807) is 9.58 Å². The van der Waals surface area contributed by atoms with E-state index in [4.69, 9.17) is 21.3 Å². The maximum absolute atomic E-state index is 14.9. The zero-order valence-corrected chi connectivity index (χ0v) is 20.0. The summed E-state index contributed by atoms with van der Waals surface area (Å²) < 4.78 is 22.9. The van der Waals surface area contributed by atoms with Crippen molar-refractivity contribution in [1.29, 1.82) is 0 Å². The predicted molar refractivity (Wildman–Crippen MR) is 127 cm³/mol. The Hall–Kier alpha value is -3.37. The van der Waals surface area contributed by atoms with E-state index in [1.807, 2.05) is 25.1 Å². The summed E-state index contributed by atoms with van der Waals surface area (Å²) in [5.74, 6) is -0.688. The molecule has 9 nitrogen and oxygen atoms in total. The lowest BCUT2D eigenvalue weighted by Gasteiger charge is -2.34. The van der Waals surface area contributed by atoms with E-state index in [9.17, 15) is 14.3 Å². The highest BCUT2D eigenvalue weighted by Crippen LogP contribution is 2.48. The Morgan fingerprint density at radius 1 is 1.29 bits per heavy atom. The molecule has 0 aliphatic carbocycles. The van der Waals surface area contributed by atoms with Crippen LogP contribution < -0.4 is 15.0 Å². The topological polar surface area (TPSA) is 95.8 Å². The first-order valence-corrected chi connectivity index (χ1v) is 11.9. The third kappa shape index (κ3) is 3.27. The Balaban J connectivity index is 1.59. The summed E-state index contributed by atoms with van der Waals surface area (Å²) in [6, 6.07) is 3.70. The van der Waals surface area contributed by atoms with Gasteiger partial charge in [-0.1, -0.05) is 17.7 Å². The Morgan fingerprint density at radius 3 is 2.89 bits per heavy atom. The molecule has 1 aromatic carbocycles. The summed E-state index contributed by atoms with van der Waals surface area (Å²) >= 11 is 6.76. The van der Waals surface area contributed by atoms with Crippen molar-refractivity contribution in [3.8, 4) is 22.8 Å². The fourth-order valence-electron chi connectivity index (χ4n) is 5.23. The first-order valence-electron chi connectivity index (χ1n) is 11.5. The largest absolute Gasteiger partial charge is 0.507 e. The van der Waals surface area contributed by atoms with Crippen molar-refractivity contribution in [2.75, 3.05) is 31.1 Å². The van der Waals surface area contributed by atoms with E-state index in [0.29, 0.717) is 32.0 Å². The van der Waals surface area contributed by atoms with Crippen LogP contribution in [-0.4, -0.2) is 63.0 Å². The third-order valence-corrected chi connectivity index (χ3v) is 7.50.